The fraction of sp³-hybridized carbons (Fsp3) is 0.364. The monoisotopic (exact) mass is 550 g/mol. The number of fused-ring (bicyclic) bond motifs is 2. The summed E-state index contributed by atoms with van der Waals surface area (Å²) in [7, 11) is 1.43. The van der Waals surface area contributed by atoms with Crippen molar-refractivity contribution in [1.82, 2.24) is 24.8 Å². The molecule has 0 unspecified atom stereocenters. The van der Waals surface area contributed by atoms with Crippen molar-refractivity contribution in [1.29, 1.82) is 0 Å². The first kappa shape index (κ1) is 25.7. The van der Waals surface area contributed by atoms with Gasteiger partial charge in [-0.2, -0.15) is 9.97 Å². The normalized spacial score (nSPS) is 26.2. The van der Waals surface area contributed by atoms with Crippen LogP contribution >= 0.6 is 11.6 Å². The third-order valence-electron chi connectivity index (χ3n) is 6.67. The molecule has 0 spiro atoms. The van der Waals surface area contributed by atoms with Gasteiger partial charge < -0.3 is 35.8 Å². The van der Waals surface area contributed by atoms with Crippen molar-refractivity contribution >= 4 is 46.4 Å². The molecule has 0 radical (unpaired) electrons. The van der Waals surface area contributed by atoms with E-state index in [2.05, 4.69) is 20.3 Å². The Kier molecular flexibility index (Phi) is 5.98. The van der Waals surface area contributed by atoms with E-state index in [1.165, 1.54) is 31.3 Å². The number of ether oxygens (including phenoxy) is 2. The SMILES string of the molecule is CNC(=O)c1ccc(CC(O[C@H]2[C@H]3O[C@@H](n4cnc5c(N)nc(Cl)nc54)[C@@H](F)[C@]32O)(C(=O)O)C(=O)O)cc1. The number of aliphatic hydroxyl groups is 1. The zero-order valence-electron chi connectivity index (χ0n) is 19.4. The number of alkyl halides is 1. The van der Waals surface area contributed by atoms with Crippen LogP contribution in [0.25, 0.3) is 11.2 Å². The van der Waals surface area contributed by atoms with Gasteiger partial charge in [-0.05, 0) is 29.3 Å². The fourth-order valence-electron chi connectivity index (χ4n) is 4.54. The van der Waals surface area contributed by atoms with Gasteiger partial charge in [0.15, 0.2) is 29.5 Å². The zero-order chi connectivity index (χ0) is 27.6. The molecule has 0 bridgehead atoms. The second-order valence-electron chi connectivity index (χ2n) is 8.87. The standard InChI is InChI=1S/C22H20ClFN6O8/c1-26-16(31)9-4-2-8(3-5-9)6-21(18(32)33,19(34)35)38-13-12-22(13,36)11(24)17(37-12)30-7-27-10-14(25)28-20(23)29-15(10)30/h2-5,7,11-13,17,36H,6H2,1H3,(H,26,31)(H,32,33)(H,34,35)(H2,25,28,29)/t11-,12-,13+,17-,22+/m1/s1. The number of nitrogens with zero attached hydrogens (tertiary/aromatic N) is 4. The summed E-state index contributed by atoms with van der Waals surface area (Å²) in [4.78, 5) is 47.8. The first-order valence-corrected chi connectivity index (χ1v) is 11.4. The molecule has 2 aliphatic rings. The highest BCUT2D eigenvalue weighted by atomic mass is 35.5. The van der Waals surface area contributed by atoms with Crippen LogP contribution in [-0.2, 0) is 25.5 Å². The maximum absolute atomic E-state index is 15.6. The minimum Gasteiger partial charge on any atom is -0.479 e. The molecule has 6 N–H and O–H groups in total. The Labute approximate surface area is 217 Å². The number of amides is 1. The summed E-state index contributed by atoms with van der Waals surface area (Å²) in [5.74, 6) is -4.20. The van der Waals surface area contributed by atoms with Gasteiger partial charge in [0.25, 0.3) is 11.5 Å². The molecule has 200 valence electrons. The molecular formula is C22H20ClFN6O8. The lowest BCUT2D eigenvalue weighted by Gasteiger charge is -2.28. The number of carbonyl (C=O) groups excluding carboxylic acids is 1. The van der Waals surface area contributed by atoms with Gasteiger partial charge in [0.2, 0.25) is 5.28 Å². The van der Waals surface area contributed by atoms with Crippen LogP contribution in [0.1, 0.15) is 22.1 Å². The number of hydrogen-bond acceptors (Lipinski definition) is 10. The average Bonchev–Trinajstić information content (AvgIpc) is 3.12. The molecular weight excluding hydrogens is 531 g/mol. The minimum atomic E-state index is -2.89. The van der Waals surface area contributed by atoms with Crippen molar-refractivity contribution in [2.45, 2.75) is 42.2 Å². The highest BCUT2D eigenvalue weighted by Crippen LogP contribution is 2.58. The number of nitrogens with one attached hydrogen (secondary N) is 1. The van der Waals surface area contributed by atoms with E-state index in [9.17, 15) is 29.7 Å². The third kappa shape index (κ3) is 3.74. The summed E-state index contributed by atoms with van der Waals surface area (Å²) >= 11 is 5.84. The molecule has 1 saturated heterocycles. The summed E-state index contributed by atoms with van der Waals surface area (Å²) < 4.78 is 27.7. The number of aliphatic carboxylic acids is 2. The number of aromatic nitrogens is 4. The van der Waals surface area contributed by atoms with Crippen molar-refractivity contribution in [3.05, 3.63) is 47.0 Å². The average molecular weight is 551 g/mol. The Morgan fingerprint density at radius 2 is 1.92 bits per heavy atom. The van der Waals surface area contributed by atoms with Gasteiger partial charge in [0, 0.05) is 19.0 Å². The number of imidazole rings is 1. The van der Waals surface area contributed by atoms with Gasteiger partial charge in [-0.3, -0.25) is 9.36 Å². The van der Waals surface area contributed by atoms with Gasteiger partial charge in [-0.15, -0.1) is 0 Å². The summed E-state index contributed by atoms with van der Waals surface area (Å²) in [6.07, 6.45) is -6.22. The van der Waals surface area contributed by atoms with Gasteiger partial charge in [0.1, 0.15) is 17.7 Å². The number of nitrogen functional groups attached to an aromatic ring is 1. The fourth-order valence-corrected chi connectivity index (χ4v) is 4.71. The van der Waals surface area contributed by atoms with Crippen molar-refractivity contribution in [2.24, 2.45) is 0 Å². The topological polar surface area (TPSA) is 212 Å². The van der Waals surface area contributed by atoms with Crippen LogP contribution in [0.3, 0.4) is 0 Å². The molecule has 3 aromatic rings. The number of carbonyl (C=O) groups is 3. The van der Waals surface area contributed by atoms with E-state index >= 15 is 4.39 Å². The molecule has 5 rings (SSSR count). The number of rotatable bonds is 8. The second-order valence-corrected chi connectivity index (χ2v) is 9.20. The van der Waals surface area contributed by atoms with Gasteiger partial charge in [0.05, 0.1) is 6.33 Å². The quantitative estimate of drug-likeness (QED) is 0.184. The number of nitrogens with two attached hydrogens (primary N) is 1. The summed E-state index contributed by atoms with van der Waals surface area (Å²) in [6, 6.07) is 5.49. The van der Waals surface area contributed by atoms with Crippen LogP contribution in [0.2, 0.25) is 5.28 Å². The van der Waals surface area contributed by atoms with E-state index in [4.69, 9.17) is 26.8 Å². The third-order valence-corrected chi connectivity index (χ3v) is 6.84. The zero-order valence-corrected chi connectivity index (χ0v) is 20.2. The minimum absolute atomic E-state index is 0.0307. The number of hydrogen-bond donors (Lipinski definition) is 5. The van der Waals surface area contributed by atoms with Crippen LogP contribution < -0.4 is 11.1 Å². The molecule has 1 amide bonds. The Morgan fingerprint density at radius 3 is 2.47 bits per heavy atom. The second kappa shape index (κ2) is 8.83. The predicted octanol–water partition coefficient (Wildman–Crippen LogP) is -0.0624. The number of anilines is 1. The Balaban J connectivity index is 1.39. The molecule has 3 heterocycles. The molecule has 2 fully saturated rings. The van der Waals surface area contributed by atoms with Gasteiger partial charge in [-0.1, -0.05) is 12.1 Å². The molecule has 2 aromatic heterocycles. The lowest BCUT2D eigenvalue weighted by molar-refractivity contribution is -0.194. The number of halogens is 2. The van der Waals surface area contributed by atoms with E-state index in [-0.39, 0.29) is 33.4 Å². The summed E-state index contributed by atoms with van der Waals surface area (Å²) in [5.41, 5.74) is 1.12. The molecule has 38 heavy (non-hydrogen) atoms. The van der Waals surface area contributed by atoms with E-state index < -0.39 is 60.1 Å². The lowest BCUT2D eigenvalue weighted by atomic mass is 9.93. The van der Waals surface area contributed by atoms with Crippen molar-refractivity contribution in [3.63, 3.8) is 0 Å². The highest BCUT2D eigenvalue weighted by molar-refractivity contribution is 6.28. The Morgan fingerprint density at radius 1 is 1.26 bits per heavy atom. The largest absolute Gasteiger partial charge is 0.479 e. The molecule has 1 aliphatic heterocycles. The first-order valence-electron chi connectivity index (χ1n) is 11.1. The van der Waals surface area contributed by atoms with Gasteiger partial charge in [-0.25, -0.2) is 19.0 Å². The maximum atomic E-state index is 15.6. The van der Waals surface area contributed by atoms with Crippen molar-refractivity contribution in [3.8, 4) is 0 Å². The predicted molar refractivity (Wildman–Crippen MR) is 125 cm³/mol. The molecule has 16 heteroatoms. The van der Waals surface area contributed by atoms with Crippen LogP contribution in [0, 0.1) is 0 Å². The van der Waals surface area contributed by atoms with Crippen LogP contribution in [0.4, 0.5) is 10.2 Å². The number of carboxylic acids is 2. The van der Waals surface area contributed by atoms with E-state index in [0.29, 0.717) is 0 Å². The van der Waals surface area contributed by atoms with Crippen LogP contribution in [0.15, 0.2) is 30.6 Å². The van der Waals surface area contributed by atoms with E-state index in [1.54, 1.807) is 0 Å². The molecule has 1 saturated carbocycles. The van der Waals surface area contributed by atoms with Crippen molar-refractivity contribution < 1.29 is 43.6 Å². The summed E-state index contributed by atoms with van der Waals surface area (Å²) in [5, 5.41) is 32.9. The molecule has 1 aliphatic carbocycles. The molecule has 14 nitrogen and oxygen atoms in total. The highest BCUT2D eigenvalue weighted by Gasteiger charge is 2.80. The van der Waals surface area contributed by atoms with Crippen LogP contribution in [0.5, 0.6) is 0 Å². The molecule has 5 atom stereocenters. The van der Waals surface area contributed by atoms with Crippen molar-refractivity contribution in [2.75, 3.05) is 12.8 Å². The lowest BCUT2D eigenvalue weighted by Crippen LogP contribution is -2.53. The Bertz CT molecular complexity index is 1450. The van der Waals surface area contributed by atoms with E-state index in [1.807, 2.05) is 0 Å². The number of carboxylic acid groups (broad SMARTS) is 2. The number of benzene rings is 1. The first-order chi connectivity index (χ1) is 17.9. The Hall–Kier alpha value is -3.92. The van der Waals surface area contributed by atoms with Crippen LogP contribution in [-0.4, -0.2) is 89.3 Å². The summed E-state index contributed by atoms with van der Waals surface area (Å²) in [6.45, 7) is 0. The van der Waals surface area contributed by atoms with E-state index in [0.717, 1.165) is 10.9 Å². The smallest absolute Gasteiger partial charge is 0.348 e. The maximum Gasteiger partial charge on any atom is 0.348 e. The van der Waals surface area contributed by atoms with Gasteiger partial charge >= 0.3 is 11.9 Å². The molecule has 1 aromatic carbocycles.